The summed E-state index contributed by atoms with van der Waals surface area (Å²) in [6, 6.07) is 1.07. The molecule has 4 heteroatoms. The molecule has 0 aromatic carbocycles. The van der Waals surface area contributed by atoms with Gasteiger partial charge >= 0.3 is 0 Å². The van der Waals surface area contributed by atoms with Gasteiger partial charge in [0.1, 0.15) is 0 Å². The van der Waals surface area contributed by atoms with Crippen LogP contribution >= 0.6 is 0 Å². The lowest BCUT2D eigenvalue weighted by Gasteiger charge is -2.35. The number of likely N-dealkylation sites (tertiary alicyclic amines) is 1. The number of hydrogen-bond donors (Lipinski definition) is 1. The third-order valence-electron chi connectivity index (χ3n) is 3.76. The van der Waals surface area contributed by atoms with E-state index in [0.717, 1.165) is 32.4 Å². The Balaban J connectivity index is 2.26. The Hall–Kier alpha value is -0.610. The van der Waals surface area contributed by atoms with Gasteiger partial charge in [0.05, 0.1) is 6.54 Å². The van der Waals surface area contributed by atoms with Gasteiger partial charge in [-0.2, -0.15) is 0 Å². The minimum atomic E-state index is 0.252. The largest absolute Gasteiger partial charge is 0.341 e. The summed E-state index contributed by atoms with van der Waals surface area (Å²) in [6.07, 6.45) is 3.26. The highest BCUT2D eigenvalue weighted by Crippen LogP contribution is 2.13. The quantitative estimate of drug-likeness (QED) is 0.778. The summed E-state index contributed by atoms with van der Waals surface area (Å²) in [5, 5.41) is 3.26. The van der Waals surface area contributed by atoms with Gasteiger partial charge in [-0.25, -0.2) is 0 Å². The number of piperidine rings is 1. The van der Waals surface area contributed by atoms with Crippen LogP contribution in [-0.4, -0.2) is 61.5 Å². The van der Waals surface area contributed by atoms with Gasteiger partial charge in [0.2, 0.25) is 5.91 Å². The van der Waals surface area contributed by atoms with E-state index in [4.69, 9.17) is 0 Å². The lowest BCUT2D eigenvalue weighted by atomic mass is 10.0. The highest BCUT2D eigenvalue weighted by molar-refractivity contribution is 5.78. The Labute approximate surface area is 105 Å². The first kappa shape index (κ1) is 14.5. The van der Waals surface area contributed by atoms with Crippen molar-refractivity contribution in [3.05, 3.63) is 0 Å². The van der Waals surface area contributed by atoms with Gasteiger partial charge in [0.25, 0.3) is 0 Å². The number of hydrogen-bond acceptors (Lipinski definition) is 3. The molecule has 1 amide bonds. The predicted molar refractivity (Wildman–Crippen MR) is 71.0 cm³/mol. The van der Waals surface area contributed by atoms with E-state index in [9.17, 15) is 4.79 Å². The first-order chi connectivity index (χ1) is 8.04. The summed E-state index contributed by atoms with van der Waals surface area (Å²) < 4.78 is 0. The Morgan fingerprint density at radius 2 is 2.00 bits per heavy atom. The lowest BCUT2D eigenvalue weighted by Crippen LogP contribution is -2.47. The van der Waals surface area contributed by atoms with E-state index in [-0.39, 0.29) is 5.91 Å². The molecule has 1 fully saturated rings. The van der Waals surface area contributed by atoms with E-state index in [0.29, 0.717) is 18.6 Å². The Morgan fingerprint density at radius 3 is 2.47 bits per heavy atom. The maximum Gasteiger partial charge on any atom is 0.236 e. The van der Waals surface area contributed by atoms with E-state index in [2.05, 4.69) is 38.2 Å². The van der Waals surface area contributed by atoms with Crippen molar-refractivity contribution in [3.8, 4) is 0 Å². The molecule has 0 spiro atoms. The van der Waals surface area contributed by atoms with Crippen LogP contribution in [0.5, 0.6) is 0 Å². The maximum atomic E-state index is 11.9. The third kappa shape index (κ3) is 4.64. The van der Waals surface area contributed by atoms with Crippen molar-refractivity contribution in [2.24, 2.45) is 0 Å². The van der Waals surface area contributed by atoms with Crippen molar-refractivity contribution in [3.63, 3.8) is 0 Å². The van der Waals surface area contributed by atoms with Crippen LogP contribution in [0.4, 0.5) is 0 Å². The van der Waals surface area contributed by atoms with Crippen molar-refractivity contribution in [1.82, 2.24) is 15.1 Å². The van der Waals surface area contributed by atoms with Crippen molar-refractivity contribution in [1.29, 1.82) is 0 Å². The zero-order chi connectivity index (χ0) is 12.8. The second-order valence-electron chi connectivity index (χ2n) is 5.27. The molecule has 0 aromatic rings. The fourth-order valence-corrected chi connectivity index (χ4v) is 2.15. The molecular weight excluding hydrogens is 214 g/mol. The first-order valence-corrected chi connectivity index (χ1v) is 6.72. The van der Waals surface area contributed by atoms with E-state index < -0.39 is 0 Å². The second-order valence-corrected chi connectivity index (χ2v) is 5.27. The lowest BCUT2D eigenvalue weighted by molar-refractivity contribution is -0.131. The normalized spacial score (nSPS) is 19.7. The van der Waals surface area contributed by atoms with Crippen molar-refractivity contribution in [2.45, 2.75) is 45.2 Å². The summed E-state index contributed by atoms with van der Waals surface area (Å²) >= 11 is 0. The molecule has 1 saturated heterocycles. The number of nitrogens with zero attached hydrogens (tertiary/aromatic N) is 2. The van der Waals surface area contributed by atoms with Crippen molar-refractivity contribution >= 4 is 5.91 Å². The average Bonchev–Trinajstić information content (AvgIpc) is 2.35. The van der Waals surface area contributed by atoms with Gasteiger partial charge in [0, 0.05) is 25.2 Å². The Kier molecular flexibility index (Phi) is 5.92. The Morgan fingerprint density at radius 1 is 1.41 bits per heavy atom. The van der Waals surface area contributed by atoms with Gasteiger partial charge in [0.15, 0.2) is 0 Å². The molecule has 17 heavy (non-hydrogen) atoms. The van der Waals surface area contributed by atoms with Crippen LogP contribution in [0.1, 0.15) is 33.1 Å². The van der Waals surface area contributed by atoms with E-state index in [1.807, 2.05) is 4.90 Å². The summed E-state index contributed by atoms with van der Waals surface area (Å²) in [5.74, 6) is 0.252. The van der Waals surface area contributed by atoms with Crippen LogP contribution in [0.25, 0.3) is 0 Å². The molecule has 1 unspecified atom stereocenters. The highest BCUT2D eigenvalue weighted by Gasteiger charge is 2.23. The summed E-state index contributed by atoms with van der Waals surface area (Å²) in [7, 11) is 4.24. The Bertz CT molecular complexity index is 235. The minimum absolute atomic E-state index is 0.252. The topological polar surface area (TPSA) is 35.6 Å². The smallest absolute Gasteiger partial charge is 0.236 e. The van der Waals surface area contributed by atoms with Gasteiger partial charge in [-0.05, 0) is 40.3 Å². The molecular formula is C13H27N3O. The zero-order valence-corrected chi connectivity index (χ0v) is 11.7. The maximum absolute atomic E-state index is 11.9. The molecule has 0 aliphatic carbocycles. The van der Waals surface area contributed by atoms with Crippen LogP contribution < -0.4 is 5.32 Å². The molecule has 1 atom stereocenters. The molecule has 0 saturated carbocycles. The van der Waals surface area contributed by atoms with Crippen molar-refractivity contribution in [2.75, 3.05) is 33.7 Å². The summed E-state index contributed by atoms with van der Waals surface area (Å²) in [4.78, 5) is 16.2. The molecule has 1 aliphatic rings. The second kappa shape index (κ2) is 6.97. The predicted octanol–water partition coefficient (Wildman–Crippen LogP) is 0.927. The highest BCUT2D eigenvalue weighted by atomic mass is 16.2. The fraction of sp³-hybridized carbons (Fsp3) is 0.923. The first-order valence-electron chi connectivity index (χ1n) is 6.72. The van der Waals surface area contributed by atoms with Crippen LogP contribution in [-0.2, 0) is 4.79 Å². The summed E-state index contributed by atoms with van der Waals surface area (Å²) in [5.41, 5.74) is 0. The molecule has 1 rings (SSSR count). The molecule has 0 radical (unpaired) electrons. The SMILES string of the molecule is CCC(C)NCC(=O)N1CCC(N(C)C)CC1. The molecule has 100 valence electrons. The number of rotatable bonds is 5. The van der Waals surface area contributed by atoms with E-state index in [1.54, 1.807) is 0 Å². The van der Waals surface area contributed by atoms with Crippen LogP contribution in [0, 0.1) is 0 Å². The molecule has 0 bridgehead atoms. The molecule has 4 nitrogen and oxygen atoms in total. The van der Waals surface area contributed by atoms with Gasteiger partial charge in [-0.1, -0.05) is 6.92 Å². The molecule has 1 N–H and O–H groups in total. The van der Waals surface area contributed by atoms with Crippen LogP contribution in [0.15, 0.2) is 0 Å². The summed E-state index contributed by atoms with van der Waals surface area (Å²) in [6.45, 7) is 6.55. The van der Waals surface area contributed by atoms with Gasteiger partial charge in [-0.3, -0.25) is 4.79 Å². The zero-order valence-electron chi connectivity index (χ0n) is 11.7. The average molecular weight is 241 g/mol. The van der Waals surface area contributed by atoms with Crippen LogP contribution in [0.2, 0.25) is 0 Å². The third-order valence-corrected chi connectivity index (χ3v) is 3.76. The number of carbonyl (C=O) groups is 1. The minimum Gasteiger partial charge on any atom is -0.341 e. The molecule has 1 aliphatic heterocycles. The standard InChI is InChI=1S/C13H27N3O/c1-5-11(2)14-10-13(17)16-8-6-12(7-9-16)15(3)4/h11-12,14H,5-10H2,1-4H3. The van der Waals surface area contributed by atoms with E-state index in [1.165, 1.54) is 0 Å². The van der Waals surface area contributed by atoms with Crippen molar-refractivity contribution < 1.29 is 4.79 Å². The monoisotopic (exact) mass is 241 g/mol. The fourth-order valence-electron chi connectivity index (χ4n) is 2.15. The number of nitrogens with one attached hydrogen (secondary N) is 1. The number of amides is 1. The van der Waals surface area contributed by atoms with Gasteiger partial charge < -0.3 is 15.1 Å². The van der Waals surface area contributed by atoms with Gasteiger partial charge in [-0.15, -0.1) is 0 Å². The molecule has 1 heterocycles. The number of carbonyl (C=O) groups excluding carboxylic acids is 1. The molecule has 0 aromatic heterocycles. The van der Waals surface area contributed by atoms with Crippen LogP contribution in [0.3, 0.4) is 0 Å². The van der Waals surface area contributed by atoms with E-state index >= 15 is 0 Å².